The van der Waals surface area contributed by atoms with E-state index in [2.05, 4.69) is 35.1 Å². The third kappa shape index (κ3) is 5.71. The Morgan fingerprint density at radius 1 is 1.22 bits per heavy atom. The topological polar surface area (TPSA) is 76.4 Å². The van der Waals surface area contributed by atoms with Crippen molar-refractivity contribution in [2.24, 2.45) is 4.99 Å². The Labute approximate surface area is 171 Å². The lowest BCUT2D eigenvalue weighted by Gasteiger charge is -2.15. The Balaban J connectivity index is 0.00000261. The number of halogens is 4. The molecule has 0 bridgehead atoms. The van der Waals surface area contributed by atoms with Crippen LogP contribution in [0.3, 0.4) is 0 Å². The molecule has 1 aliphatic heterocycles. The van der Waals surface area contributed by atoms with Gasteiger partial charge in [0.15, 0.2) is 11.8 Å². The van der Waals surface area contributed by atoms with Crippen molar-refractivity contribution < 1.29 is 17.9 Å². The number of guanidine groups is 1. The summed E-state index contributed by atoms with van der Waals surface area (Å²) in [4.78, 5) is 4.07. The first-order valence-corrected chi connectivity index (χ1v) is 8.15. The van der Waals surface area contributed by atoms with Gasteiger partial charge in [0.25, 0.3) is 0 Å². The highest BCUT2D eigenvalue weighted by atomic mass is 127. The number of fused-ring (bicyclic) bond motifs is 1. The molecule has 7 nitrogen and oxygen atoms in total. The van der Waals surface area contributed by atoms with Crippen molar-refractivity contribution in [3.8, 4) is 5.75 Å². The number of rotatable bonds is 5. The summed E-state index contributed by atoms with van der Waals surface area (Å²) in [5.74, 6) is 1.99. The summed E-state index contributed by atoms with van der Waals surface area (Å²) in [6.45, 7) is 1.45. The lowest BCUT2D eigenvalue weighted by atomic mass is 10.2. The zero-order valence-electron chi connectivity index (χ0n) is 14.6. The van der Waals surface area contributed by atoms with Crippen LogP contribution in [0.5, 0.6) is 5.75 Å². The van der Waals surface area contributed by atoms with E-state index in [1.807, 2.05) is 0 Å². The van der Waals surface area contributed by atoms with Gasteiger partial charge >= 0.3 is 6.36 Å². The van der Waals surface area contributed by atoms with Gasteiger partial charge in [-0.2, -0.15) is 0 Å². The molecule has 0 radical (unpaired) electrons. The molecular formula is C16H20F3IN6O. The van der Waals surface area contributed by atoms with Crippen LogP contribution < -0.4 is 15.4 Å². The van der Waals surface area contributed by atoms with E-state index < -0.39 is 6.36 Å². The first-order valence-electron chi connectivity index (χ1n) is 8.15. The number of para-hydroxylation sites is 1. The monoisotopic (exact) mass is 496 g/mol. The quantitative estimate of drug-likeness (QED) is 0.378. The lowest BCUT2D eigenvalue weighted by molar-refractivity contribution is -0.274. The predicted molar refractivity (Wildman–Crippen MR) is 104 cm³/mol. The fourth-order valence-corrected chi connectivity index (χ4v) is 2.78. The molecule has 0 spiro atoms. The highest BCUT2D eigenvalue weighted by Crippen LogP contribution is 2.26. The summed E-state index contributed by atoms with van der Waals surface area (Å²) in [5.41, 5.74) is 0.371. The number of ether oxygens (including phenoxy) is 1. The molecule has 1 aromatic heterocycles. The van der Waals surface area contributed by atoms with Gasteiger partial charge in [-0.1, -0.05) is 18.2 Å². The molecule has 2 N–H and O–H groups in total. The normalized spacial score (nSPS) is 13.7. The molecule has 148 valence electrons. The molecule has 0 unspecified atom stereocenters. The van der Waals surface area contributed by atoms with Crippen molar-refractivity contribution in [3.05, 3.63) is 41.5 Å². The minimum atomic E-state index is -4.73. The third-order valence-electron chi connectivity index (χ3n) is 3.97. The number of aryl methyl sites for hydroxylation is 1. The van der Waals surface area contributed by atoms with E-state index in [0.717, 1.165) is 31.0 Å². The van der Waals surface area contributed by atoms with Crippen LogP contribution in [0.25, 0.3) is 0 Å². The molecule has 0 atom stereocenters. The molecule has 0 amide bonds. The van der Waals surface area contributed by atoms with Crippen LogP contribution in [0.2, 0.25) is 0 Å². The number of benzene rings is 1. The molecule has 11 heteroatoms. The number of nitrogens with zero attached hydrogens (tertiary/aromatic N) is 4. The Morgan fingerprint density at radius 3 is 2.70 bits per heavy atom. The zero-order chi connectivity index (χ0) is 18.6. The minimum absolute atomic E-state index is 0. The largest absolute Gasteiger partial charge is 0.573 e. The van der Waals surface area contributed by atoms with Crippen molar-refractivity contribution in [2.45, 2.75) is 38.8 Å². The van der Waals surface area contributed by atoms with Crippen molar-refractivity contribution in [1.82, 2.24) is 25.4 Å². The number of hydrogen-bond acceptors (Lipinski definition) is 4. The molecule has 0 fully saturated rings. The van der Waals surface area contributed by atoms with Crippen LogP contribution in [0.1, 0.15) is 23.6 Å². The second-order valence-corrected chi connectivity index (χ2v) is 5.72. The lowest BCUT2D eigenvalue weighted by Crippen LogP contribution is -2.37. The van der Waals surface area contributed by atoms with Gasteiger partial charge in [-0.25, -0.2) is 0 Å². The highest BCUT2D eigenvalue weighted by Gasteiger charge is 2.31. The minimum Gasteiger partial charge on any atom is -0.405 e. The fraction of sp³-hybridized carbons (Fsp3) is 0.438. The van der Waals surface area contributed by atoms with Crippen molar-refractivity contribution in [3.63, 3.8) is 0 Å². The molecule has 3 rings (SSSR count). The van der Waals surface area contributed by atoms with E-state index in [1.54, 1.807) is 19.2 Å². The van der Waals surface area contributed by atoms with Gasteiger partial charge in [0.1, 0.15) is 11.6 Å². The standard InChI is InChI=1S/C16H19F3N6O.HI/c1-20-15(22-10-14-24-23-13-7-4-8-25(13)14)21-9-11-5-2-3-6-12(11)26-16(17,18)19;/h2-3,5-6H,4,7-10H2,1H3,(H2,20,21,22);1H. The molecule has 0 saturated carbocycles. The SMILES string of the molecule is CN=C(NCc1ccccc1OC(F)(F)F)NCc1nnc2n1CCC2.I. The molecule has 1 aliphatic rings. The van der Waals surface area contributed by atoms with Gasteiger partial charge in [0.05, 0.1) is 6.54 Å². The second kappa shape index (κ2) is 9.24. The summed E-state index contributed by atoms with van der Waals surface area (Å²) in [6, 6.07) is 5.98. The Hall–Kier alpha value is -2.05. The first kappa shape index (κ1) is 21.3. The molecule has 0 saturated heterocycles. The van der Waals surface area contributed by atoms with Crippen LogP contribution >= 0.6 is 24.0 Å². The van der Waals surface area contributed by atoms with E-state index in [0.29, 0.717) is 18.1 Å². The van der Waals surface area contributed by atoms with Crippen LogP contribution in [-0.2, 0) is 26.1 Å². The average molecular weight is 496 g/mol. The summed E-state index contributed by atoms with van der Waals surface area (Å²) < 4.78 is 43.5. The molecule has 0 aliphatic carbocycles. The molecule has 1 aromatic carbocycles. The van der Waals surface area contributed by atoms with Crippen LogP contribution in [0.4, 0.5) is 13.2 Å². The van der Waals surface area contributed by atoms with Gasteiger partial charge in [0, 0.05) is 32.1 Å². The smallest absolute Gasteiger partial charge is 0.405 e. The molecule has 2 aromatic rings. The van der Waals surface area contributed by atoms with Gasteiger partial charge in [-0.3, -0.25) is 4.99 Å². The highest BCUT2D eigenvalue weighted by molar-refractivity contribution is 14.0. The van der Waals surface area contributed by atoms with Crippen LogP contribution in [0, 0.1) is 0 Å². The zero-order valence-corrected chi connectivity index (χ0v) is 16.9. The maximum Gasteiger partial charge on any atom is 0.573 e. The second-order valence-electron chi connectivity index (χ2n) is 5.72. The number of aliphatic imine (C=N–C) groups is 1. The summed E-state index contributed by atoms with van der Waals surface area (Å²) in [5, 5.41) is 14.3. The van der Waals surface area contributed by atoms with E-state index in [4.69, 9.17) is 0 Å². The Morgan fingerprint density at radius 2 is 1.96 bits per heavy atom. The van der Waals surface area contributed by atoms with Crippen molar-refractivity contribution in [2.75, 3.05) is 7.05 Å². The van der Waals surface area contributed by atoms with Crippen molar-refractivity contribution in [1.29, 1.82) is 0 Å². The van der Waals surface area contributed by atoms with E-state index in [1.165, 1.54) is 12.1 Å². The van der Waals surface area contributed by atoms with E-state index >= 15 is 0 Å². The number of hydrogen-bond donors (Lipinski definition) is 2. The number of alkyl halides is 3. The maximum atomic E-state index is 12.5. The molecule has 27 heavy (non-hydrogen) atoms. The fourth-order valence-electron chi connectivity index (χ4n) is 2.78. The van der Waals surface area contributed by atoms with E-state index in [-0.39, 0.29) is 36.3 Å². The van der Waals surface area contributed by atoms with Gasteiger partial charge in [0.2, 0.25) is 0 Å². The van der Waals surface area contributed by atoms with Crippen LogP contribution in [-0.4, -0.2) is 34.1 Å². The first-order chi connectivity index (χ1) is 12.5. The van der Waals surface area contributed by atoms with Crippen LogP contribution in [0.15, 0.2) is 29.3 Å². The predicted octanol–water partition coefficient (Wildman–Crippen LogP) is 2.61. The average Bonchev–Trinajstić information content (AvgIpc) is 3.19. The summed E-state index contributed by atoms with van der Waals surface area (Å²) >= 11 is 0. The van der Waals surface area contributed by atoms with E-state index in [9.17, 15) is 13.2 Å². The third-order valence-corrected chi connectivity index (χ3v) is 3.97. The number of nitrogens with one attached hydrogen (secondary N) is 2. The number of aromatic nitrogens is 3. The summed E-state index contributed by atoms with van der Waals surface area (Å²) in [7, 11) is 1.59. The summed E-state index contributed by atoms with van der Waals surface area (Å²) in [6.07, 6.45) is -2.75. The maximum absolute atomic E-state index is 12.5. The van der Waals surface area contributed by atoms with Crippen molar-refractivity contribution >= 4 is 29.9 Å². The Bertz CT molecular complexity index is 793. The Kier molecular flexibility index (Phi) is 7.27. The van der Waals surface area contributed by atoms with Gasteiger partial charge in [-0.05, 0) is 12.5 Å². The van der Waals surface area contributed by atoms with Gasteiger partial charge in [-0.15, -0.1) is 47.3 Å². The van der Waals surface area contributed by atoms with Gasteiger partial charge < -0.3 is 19.9 Å². The molecule has 2 heterocycles. The molecular weight excluding hydrogens is 476 g/mol.